The molecule has 0 bridgehead atoms. The number of aryl methyl sites for hydroxylation is 1. The van der Waals surface area contributed by atoms with Gasteiger partial charge in [0.05, 0.1) is 0 Å². The Hall–Kier alpha value is -0.900. The molecule has 2 rings (SSSR count). The third kappa shape index (κ3) is 2.91. The van der Waals surface area contributed by atoms with E-state index in [-0.39, 0.29) is 0 Å². The first-order valence-corrected chi connectivity index (χ1v) is 7.36. The van der Waals surface area contributed by atoms with Crippen molar-refractivity contribution in [2.45, 2.75) is 59.0 Å². The van der Waals surface area contributed by atoms with Crippen LogP contribution in [-0.2, 0) is 13.0 Å². The third-order valence-corrected chi connectivity index (χ3v) is 4.31. The lowest BCUT2D eigenvalue weighted by molar-refractivity contribution is 0.293. The molecular formula is C14H26N4. The van der Waals surface area contributed by atoms with Gasteiger partial charge in [-0.1, -0.05) is 26.7 Å². The number of hydrogen-bond donors (Lipinski definition) is 1. The zero-order chi connectivity index (χ0) is 13.0. The minimum Gasteiger partial charge on any atom is -0.314 e. The predicted molar refractivity (Wildman–Crippen MR) is 73.4 cm³/mol. The molecule has 0 aliphatic heterocycles. The van der Waals surface area contributed by atoms with E-state index in [0.717, 1.165) is 37.2 Å². The Labute approximate surface area is 110 Å². The van der Waals surface area contributed by atoms with E-state index in [1.165, 1.54) is 19.3 Å². The Morgan fingerprint density at radius 3 is 2.89 bits per heavy atom. The highest BCUT2D eigenvalue weighted by Gasteiger charge is 2.31. The number of nitrogens with zero attached hydrogens (tertiary/aromatic N) is 3. The van der Waals surface area contributed by atoms with Crippen molar-refractivity contribution >= 4 is 0 Å². The second-order valence-corrected chi connectivity index (χ2v) is 5.43. The fourth-order valence-corrected chi connectivity index (χ4v) is 3.32. The normalized spacial score (nSPS) is 25.5. The summed E-state index contributed by atoms with van der Waals surface area (Å²) in [6.07, 6.45) is 6.82. The Morgan fingerprint density at radius 1 is 1.44 bits per heavy atom. The first kappa shape index (κ1) is 13.5. The summed E-state index contributed by atoms with van der Waals surface area (Å²) in [7, 11) is 0. The van der Waals surface area contributed by atoms with E-state index in [4.69, 9.17) is 0 Å². The summed E-state index contributed by atoms with van der Waals surface area (Å²) in [5.41, 5.74) is 0. The maximum atomic E-state index is 4.42. The van der Waals surface area contributed by atoms with Gasteiger partial charge in [-0.15, -0.1) is 0 Å². The van der Waals surface area contributed by atoms with Crippen LogP contribution < -0.4 is 5.32 Å². The van der Waals surface area contributed by atoms with Gasteiger partial charge in [-0.3, -0.25) is 4.68 Å². The van der Waals surface area contributed by atoms with Crippen molar-refractivity contribution in [1.29, 1.82) is 0 Å². The smallest absolute Gasteiger partial charge is 0.138 e. The fraction of sp³-hybridized carbons (Fsp3) is 0.857. The summed E-state index contributed by atoms with van der Waals surface area (Å²) in [5, 5.41) is 7.93. The Bertz CT molecular complexity index is 360. The second-order valence-electron chi connectivity index (χ2n) is 5.43. The summed E-state index contributed by atoms with van der Waals surface area (Å²) >= 11 is 0. The molecule has 1 heterocycles. The van der Waals surface area contributed by atoms with E-state index in [1.54, 1.807) is 6.33 Å². The van der Waals surface area contributed by atoms with E-state index >= 15 is 0 Å². The zero-order valence-electron chi connectivity index (χ0n) is 11.9. The molecule has 1 saturated carbocycles. The number of hydrogen-bond acceptors (Lipinski definition) is 3. The Morgan fingerprint density at radius 2 is 2.28 bits per heavy atom. The van der Waals surface area contributed by atoms with Crippen LogP contribution in [0.2, 0.25) is 0 Å². The molecule has 1 aromatic rings. The summed E-state index contributed by atoms with van der Waals surface area (Å²) in [6.45, 7) is 8.66. The highest BCUT2D eigenvalue weighted by molar-refractivity contribution is 4.94. The van der Waals surface area contributed by atoms with Crippen molar-refractivity contribution in [2.75, 3.05) is 6.54 Å². The molecule has 4 nitrogen and oxygen atoms in total. The lowest BCUT2D eigenvalue weighted by Crippen LogP contribution is -2.39. The molecule has 1 aliphatic rings. The van der Waals surface area contributed by atoms with E-state index in [0.29, 0.717) is 6.04 Å². The lowest BCUT2D eigenvalue weighted by Gasteiger charge is -2.27. The van der Waals surface area contributed by atoms with Crippen LogP contribution in [0.25, 0.3) is 0 Å². The van der Waals surface area contributed by atoms with Crippen molar-refractivity contribution in [1.82, 2.24) is 20.1 Å². The van der Waals surface area contributed by atoms with E-state index in [1.807, 2.05) is 4.68 Å². The zero-order valence-corrected chi connectivity index (χ0v) is 11.9. The molecule has 18 heavy (non-hydrogen) atoms. The van der Waals surface area contributed by atoms with Crippen LogP contribution in [0.1, 0.15) is 45.9 Å². The van der Waals surface area contributed by atoms with Crippen molar-refractivity contribution in [2.24, 2.45) is 11.8 Å². The van der Waals surface area contributed by atoms with Crippen molar-refractivity contribution in [3.8, 4) is 0 Å². The number of rotatable bonds is 6. The maximum Gasteiger partial charge on any atom is 0.138 e. The third-order valence-electron chi connectivity index (χ3n) is 4.31. The molecular weight excluding hydrogens is 224 g/mol. The van der Waals surface area contributed by atoms with Gasteiger partial charge < -0.3 is 5.32 Å². The van der Waals surface area contributed by atoms with Gasteiger partial charge >= 0.3 is 0 Å². The highest BCUT2D eigenvalue weighted by Crippen LogP contribution is 2.34. The van der Waals surface area contributed by atoms with Gasteiger partial charge in [-0.2, -0.15) is 5.10 Å². The molecule has 1 fully saturated rings. The molecule has 0 saturated heterocycles. The maximum absolute atomic E-state index is 4.42. The second kappa shape index (κ2) is 6.32. The van der Waals surface area contributed by atoms with Crippen LogP contribution in [-0.4, -0.2) is 27.4 Å². The highest BCUT2D eigenvalue weighted by atomic mass is 15.3. The standard InChI is InChI=1S/C14H26N4/c1-4-15-13(12-8-6-7-11(12)3)9-14-16-10-17-18(14)5-2/h10-13,15H,4-9H2,1-3H3. The van der Waals surface area contributed by atoms with Gasteiger partial charge in [0, 0.05) is 19.0 Å². The molecule has 0 radical (unpaired) electrons. The van der Waals surface area contributed by atoms with Crippen LogP contribution in [0.5, 0.6) is 0 Å². The Kier molecular flexibility index (Phi) is 4.75. The van der Waals surface area contributed by atoms with Gasteiger partial charge in [0.25, 0.3) is 0 Å². The summed E-state index contributed by atoms with van der Waals surface area (Å²) in [4.78, 5) is 4.42. The van der Waals surface area contributed by atoms with Gasteiger partial charge in [0.1, 0.15) is 12.2 Å². The van der Waals surface area contributed by atoms with E-state index in [2.05, 4.69) is 36.2 Å². The average molecular weight is 250 g/mol. The van der Waals surface area contributed by atoms with Gasteiger partial charge in [0.15, 0.2) is 0 Å². The predicted octanol–water partition coefficient (Wildman–Crippen LogP) is 2.25. The van der Waals surface area contributed by atoms with Crippen LogP contribution in [0.4, 0.5) is 0 Å². The van der Waals surface area contributed by atoms with Crippen LogP contribution in [0.15, 0.2) is 6.33 Å². The van der Waals surface area contributed by atoms with E-state index in [9.17, 15) is 0 Å². The average Bonchev–Trinajstić information content (AvgIpc) is 2.97. The minimum absolute atomic E-state index is 0.557. The number of aromatic nitrogens is 3. The summed E-state index contributed by atoms with van der Waals surface area (Å²) < 4.78 is 2.02. The summed E-state index contributed by atoms with van der Waals surface area (Å²) in [5.74, 6) is 2.77. The quantitative estimate of drug-likeness (QED) is 0.842. The Balaban J connectivity index is 2.06. The number of likely N-dealkylation sites (N-methyl/N-ethyl adjacent to an activating group) is 1. The van der Waals surface area contributed by atoms with E-state index < -0.39 is 0 Å². The molecule has 1 aromatic heterocycles. The largest absolute Gasteiger partial charge is 0.314 e. The lowest BCUT2D eigenvalue weighted by atomic mass is 9.88. The van der Waals surface area contributed by atoms with Crippen molar-refractivity contribution in [3.05, 3.63) is 12.2 Å². The monoisotopic (exact) mass is 250 g/mol. The fourth-order valence-electron chi connectivity index (χ4n) is 3.32. The van der Waals surface area contributed by atoms with Crippen LogP contribution >= 0.6 is 0 Å². The molecule has 3 unspecified atom stereocenters. The van der Waals surface area contributed by atoms with Gasteiger partial charge in [0.2, 0.25) is 0 Å². The van der Waals surface area contributed by atoms with Crippen LogP contribution in [0, 0.1) is 11.8 Å². The first-order valence-electron chi connectivity index (χ1n) is 7.36. The summed E-state index contributed by atoms with van der Waals surface area (Å²) in [6, 6.07) is 0.557. The van der Waals surface area contributed by atoms with Gasteiger partial charge in [-0.25, -0.2) is 4.98 Å². The SMILES string of the molecule is CCNC(Cc1ncnn1CC)C1CCCC1C. The molecule has 0 amide bonds. The van der Waals surface area contributed by atoms with Gasteiger partial charge in [-0.05, 0) is 31.7 Å². The molecule has 102 valence electrons. The van der Waals surface area contributed by atoms with Crippen molar-refractivity contribution < 1.29 is 0 Å². The molecule has 3 atom stereocenters. The molecule has 0 aromatic carbocycles. The first-order chi connectivity index (χ1) is 8.76. The minimum atomic E-state index is 0.557. The number of nitrogens with one attached hydrogen (secondary N) is 1. The molecule has 1 N–H and O–H groups in total. The molecule has 1 aliphatic carbocycles. The molecule has 0 spiro atoms. The van der Waals surface area contributed by atoms with Crippen molar-refractivity contribution in [3.63, 3.8) is 0 Å². The van der Waals surface area contributed by atoms with Crippen LogP contribution in [0.3, 0.4) is 0 Å². The molecule has 4 heteroatoms. The topological polar surface area (TPSA) is 42.7 Å².